The summed E-state index contributed by atoms with van der Waals surface area (Å²) in [5, 5.41) is 15.5. The SMILES string of the molecule is Cc1ccc(C)c(C(=O)N[C@@H](CCOC2CC(CCc3ccc4c(n3)NCCC4)C2)C(=O)O)n1. The molecule has 2 aromatic rings. The average molecular weight is 467 g/mol. The van der Waals surface area contributed by atoms with Gasteiger partial charge in [0.1, 0.15) is 17.6 Å². The fraction of sp³-hybridized carbons (Fsp3) is 0.538. The number of carbonyl (C=O) groups excluding carboxylic acids is 1. The number of aliphatic carboxylic acids is 1. The third kappa shape index (κ3) is 6.11. The molecule has 1 amide bonds. The first-order valence-corrected chi connectivity index (χ1v) is 12.2. The Bertz CT molecular complexity index is 1040. The van der Waals surface area contributed by atoms with Gasteiger partial charge in [-0.3, -0.25) is 4.79 Å². The molecule has 8 heteroatoms. The summed E-state index contributed by atoms with van der Waals surface area (Å²) in [6.07, 6.45) is 6.67. The van der Waals surface area contributed by atoms with Crippen LogP contribution in [0.3, 0.4) is 0 Å². The number of carboxylic acids is 1. The quantitative estimate of drug-likeness (QED) is 0.491. The van der Waals surface area contributed by atoms with E-state index in [2.05, 4.69) is 27.8 Å². The second kappa shape index (κ2) is 11.0. The number of hydrogen-bond acceptors (Lipinski definition) is 6. The van der Waals surface area contributed by atoms with Gasteiger partial charge in [0.05, 0.1) is 6.10 Å². The van der Waals surface area contributed by atoms with Crippen LogP contribution in [-0.2, 0) is 22.4 Å². The minimum atomic E-state index is -1.07. The van der Waals surface area contributed by atoms with Gasteiger partial charge in [0, 0.05) is 31.0 Å². The minimum Gasteiger partial charge on any atom is -0.480 e. The highest BCUT2D eigenvalue weighted by Gasteiger charge is 2.30. The van der Waals surface area contributed by atoms with E-state index in [-0.39, 0.29) is 18.2 Å². The number of anilines is 1. The predicted molar refractivity (Wildman–Crippen MR) is 129 cm³/mol. The summed E-state index contributed by atoms with van der Waals surface area (Å²) in [5.74, 6) is 0.122. The summed E-state index contributed by atoms with van der Waals surface area (Å²) in [4.78, 5) is 33.2. The molecule has 1 saturated carbocycles. The van der Waals surface area contributed by atoms with E-state index in [9.17, 15) is 14.7 Å². The van der Waals surface area contributed by atoms with Crippen molar-refractivity contribution in [3.8, 4) is 0 Å². The molecule has 0 saturated heterocycles. The van der Waals surface area contributed by atoms with E-state index in [0.717, 1.165) is 50.2 Å². The highest BCUT2D eigenvalue weighted by Crippen LogP contribution is 2.34. The number of ether oxygens (including phenoxy) is 1. The Labute approximate surface area is 200 Å². The molecule has 1 aliphatic carbocycles. The fourth-order valence-electron chi connectivity index (χ4n) is 4.60. The van der Waals surface area contributed by atoms with E-state index in [1.807, 2.05) is 12.1 Å². The van der Waals surface area contributed by atoms with Crippen molar-refractivity contribution in [2.45, 2.75) is 70.9 Å². The Morgan fingerprint density at radius 2 is 2.03 bits per heavy atom. The zero-order valence-corrected chi connectivity index (χ0v) is 20.0. The Morgan fingerprint density at radius 3 is 2.82 bits per heavy atom. The number of nitrogens with one attached hydrogen (secondary N) is 2. The van der Waals surface area contributed by atoms with Crippen LogP contribution in [0.25, 0.3) is 0 Å². The van der Waals surface area contributed by atoms with Crippen LogP contribution in [0, 0.1) is 19.8 Å². The van der Waals surface area contributed by atoms with Crippen LogP contribution in [-0.4, -0.2) is 52.2 Å². The van der Waals surface area contributed by atoms with Gasteiger partial charge in [-0.15, -0.1) is 0 Å². The maximum absolute atomic E-state index is 12.5. The second-order valence-corrected chi connectivity index (χ2v) is 9.48. The minimum absolute atomic E-state index is 0.161. The molecular formula is C26H34N4O4. The lowest BCUT2D eigenvalue weighted by atomic mass is 9.79. The van der Waals surface area contributed by atoms with E-state index < -0.39 is 17.9 Å². The molecule has 2 aromatic heterocycles. The van der Waals surface area contributed by atoms with Crippen molar-refractivity contribution in [2.75, 3.05) is 18.5 Å². The Hall–Kier alpha value is -3.00. The van der Waals surface area contributed by atoms with Crippen molar-refractivity contribution < 1.29 is 19.4 Å². The normalized spacial score (nSPS) is 19.9. The summed E-state index contributed by atoms with van der Waals surface area (Å²) in [5.41, 5.74) is 4.14. The number of aryl methyl sites for hydroxylation is 4. The number of pyridine rings is 2. The molecular weight excluding hydrogens is 432 g/mol. The zero-order chi connectivity index (χ0) is 24.1. The molecule has 0 spiro atoms. The number of carboxylic acid groups (broad SMARTS) is 1. The number of rotatable bonds is 10. The van der Waals surface area contributed by atoms with Gasteiger partial charge < -0.3 is 20.5 Å². The van der Waals surface area contributed by atoms with Gasteiger partial charge in [-0.2, -0.15) is 0 Å². The molecule has 0 radical (unpaired) electrons. The molecule has 0 aromatic carbocycles. The summed E-state index contributed by atoms with van der Waals surface area (Å²) >= 11 is 0. The number of aromatic nitrogens is 2. The molecule has 3 N–H and O–H groups in total. The predicted octanol–water partition coefficient (Wildman–Crippen LogP) is 3.45. The van der Waals surface area contributed by atoms with Crippen LogP contribution in [0.5, 0.6) is 0 Å². The molecule has 182 valence electrons. The van der Waals surface area contributed by atoms with Crippen LogP contribution < -0.4 is 10.6 Å². The van der Waals surface area contributed by atoms with Crippen molar-refractivity contribution >= 4 is 17.7 Å². The van der Waals surface area contributed by atoms with Crippen molar-refractivity contribution in [1.29, 1.82) is 0 Å². The van der Waals surface area contributed by atoms with E-state index in [1.54, 1.807) is 13.8 Å². The third-order valence-electron chi connectivity index (χ3n) is 6.77. The molecule has 0 unspecified atom stereocenters. The van der Waals surface area contributed by atoms with Crippen LogP contribution in [0.4, 0.5) is 5.82 Å². The largest absolute Gasteiger partial charge is 0.480 e. The molecule has 4 rings (SSSR count). The zero-order valence-electron chi connectivity index (χ0n) is 20.0. The highest BCUT2D eigenvalue weighted by atomic mass is 16.5. The lowest BCUT2D eigenvalue weighted by Crippen LogP contribution is -2.42. The second-order valence-electron chi connectivity index (χ2n) is 9.48. The van der Waals surface area contributed by atoms with Crippen molar-refractivity contribution in [1.82, 2.24) is 15.3 Å². The van der Waals surface area contributed by atoms with Crippen LogP contribution >= 0.6 is 0 Å². The molecule has 1 atom stereocenters. The fourth-order valence-corrected chi connectivity index (χ4v) is 4.60. The van der Waals surface area contributed by atoms with E-state index in [0.29, 0.717) is 23.8 Å². The van der Waals surface area contributed by atoms with Crippen LogP contribution in [0.2, 0.25) is 0 Å². The Balaban J connectivity index is 1.16. The first-order chi connectivity index (χ1) is 16.4. The van der Waals surface area contributed by atoms with Gasteiger partial charge in [-0.1, -0.05) is 12.1 Å². The monoisotopic (exact) mass is 466 g/mol. The lowest BCUT2D eigenvalue weighted by molar-refractivity contribution is -0.140. The first-order valence-electron chi connectivity index (χ1n) is 12.2. The van der Waals surface area contributed by atoms with Gasteiger partial charge in [-0.25, -0.2) is 14.8 Å². The maximum atomic E-state index is 12.5. The molecule has 34 heavy (non-hydrogen) atoms. The van der Waals surface area contributed by atoms with Gasteiger partial charge in [0.15, 0.2) is 0 Å². The molecule has 1 aliphatic heterocycles. The number of hydrogen-bond donors (Lipinski definition) is 3. The molecule has 3 heterocycles. The van der Waals surface area contributed by atoms with E-state index >= 15 is 0 Å². The highest BCUT2D eigenvalue weighted by molar-refractivity contribution is 5.96. The smallest absolute Gasteiger partial charge is 0.326 e. The number of nitrogens with zero attached hydrogens (tertiary/aromatic N) is 2. The number of fused-ring (bicyclic) bond motifs is 1. The Morgan fingerprint density at radius 1 is 1.21 bits per heavy atom. The lowest BCUT2D eigenvalue weighted by Gasteiger charge is -2.35. The van der Waals surface area contributed by atoms with Crippen molar-refractivity contribution in [3.05, 3.63) is 52.5 Å². The van der Waals surface area contributed by atoms with Gasteiger partial charge >= 0.3 is 5.97 Å². The maximum Gasteiger partial charge on any atom is 0.326 e. The van der Waals surface area contributed by atoms with E-state index in [4.69, 9.17) is 9.72 Å². The summed E-state index contributed by atoms with van der Waals surface area (Å²) in [6.45, 7) is 4.88. The molecule has 0 bridgehead atoms. The Kier molecular flexibility index (Phi) is 7.77. The standard InChI is InChI=1S/C26H34N4O4/c1-16-5-6-17(2)28-23(16)25(31)30-22(26(32)33)11-13-34-21-14-18(15-21)7-9-20-10-8-19-4-3-12-27-24(19)29-20/h5-6,8,10,18,21-22H,3-4,7,9,11-15H2,1-2H3,(H,27,29)(H,30,31)(H,32,33)/t18?,21?,22-/m0/s1. The van der Waals surface area contributed by atoms with Gasteiger partial charge in [-0.05, 0) is 81.5 Å². The van der Waals surface area contributed by atoms with Crippen LogP contribution in [0.1, 0.15) is 65.1 Å². The third-order valence-corrected chi connectivity index (χ3v) is 6.77. The summed E-state index contributed by atoms with van der Waals surface area (Å²) in [7, 11) is 0. The molecule has 1 fully saturated rings. The molecule has 2 aliphatic rings. The number of amides is 1. The van der Waals surface area contributed by atoms with Crippen LogP contribution in [0.15, 0.2) is 24.3 Å². The first kappa shape index (κ1) is 24.1. The summed E-state index contributed by atoms with van der Waals surface area (Å²) in [6, 6.07) is 6.97. The molecule has 8 nitrogen and oxygen atoms in total. The number of carbonyl (C=O) groups is 2. The van der Waals surface area contributed by atoms with Gasteiger partial charge in [0.2, 0.25) is 0 Å². The van der Waals surface area contributed by atoms with E-state index in [1.165, 1.54) is 12.0 Å². The average Bonchev–Trinajstić information content (AvgIpc) is 2.80. The van der Waals surface area contributed by atoms with Gasteiger partial charge in [0.25, 0.3) is 5.91 Å². The van der Waals surface area contributed by atoms with Crippen molar-refractivity contribution in [3.63, 3.8) is 0 Å². The topological polar surface area (TPSA) is 113 Å². The summed E-state index contributed by atoms with van der Waals surface area (Å²) < 4.78 is 5.89. The van der Waals surface area contributed by atoms with Crippen molar-refractivity contribution in [2.24, 2.45) is 5.92 Å².